The van der Waals surface area contributed by atoms with Gasteiger partial charge in [-0.2, -0.15) is 4.98 Å². The van der Waals surface area contributed by atoms with E-state index in [2.05, 4.69) is 4.98 Å². The van der Waals surface area contributed by atoms with Crippen LogP contribution in [0.25, 0.3) is 0 Å². The standard InChI is InChI=1S/C12H17N2O8P/c1-19-23(18,20-2)6-12-10(9(17)7(5-15)22-12)21-11-13-8(16)3-4-14(11)12/h3-4,7,9-10,15,17H,5-6H2,1-2H3/t7-,9-,10+,12-/m1/s1. The molecule has 1 fully saturated rings. The normalized spacial score (nSPS) is 32.4. The highest BCUT2D eigenvalue weighted by Gasteiger charge is 2.64. The third-order valence-corrected chi connectivity index (χ3v) is 6.02. The molecular formula is C12H17N2O8P. The van der Waals surface area contributed by atoms with Crippen LogP contribution >= 0.6 is 7.60 Å². The zero-order valence-electron chi connectivity index (χ0n) is 12.5. The number of nitrogens with zero attached hydrogens (tertiary/aromatic N) is 2. The lowest BCUT2D eigenvalue weighted by Crippen LogP contribution is -2.46. The lowest BCUT2D eigenvalue weighted by Gasteiger charge is -2.31. The topological polar surface area (TPSA) is 129 Å². The van der Waals surface area contributed by atoms with Crippen molar-refractivity contribution in [1.29, 1.82) is 0 Å². The summed E-state index contributed by atoms with van der Waals surface area (Å²) in [4.78, 5) is 15.1. The maximum atomic E-state index is 12.6. The van der Waals surface area contributed by atoms with Crippen molar-refractivity contribution in [2.75, 3.05) is 27.0 Å². The zero-order valence-corrected chi connectivity index (χ0v) is 13.4. The molecule has 1 aromatic rings. The molecule has 0 saturated carbocycles. The molecule has 2 aliphatic rings. The van der Waals surface area contributed by atoms with Crippen molar-refractivity contribution in [3.05, 3.63) is 22.6 Å². The van der Waals surface area contributed by atoms with Crippen LogP contribution in [0.2, 0.25) is 0 Å². The Balaban J connectivity index is 2.11. The van der Waals surface area contributed by atoms with Crippen molar-refractivity contribution >= 4 is 7.60 Å². The number of ether oxygens (including phenoxy) is 2. The number of rotatable bonds is 5. The molecule has 0 amide bonds. The molecule has 128 valence electrons. The van der Waals surface area contributed by atoms with Crippen molar-refractivity contribution in [1.82, 2.24) is 9.55 Å². The average molecular weight is 348 g/mol. The van der Waals surface area contributed by atoms with Crippen LogP contribution in [0.1, 0.15) is 0 Å². The molecule has 2 aliphatic heterocycles. The van der Waals surface area contributed by atoms with Crippen LogP contribution in [0.4, 0.5) is 0 Å². The Morgan fingerprint density at radius 3 is 2.78 bits per heavy atom. The Morgan fingerprint density at radius 1 is 1.48 bits per heavy atom. The molecule has 0 aliphatic carbocycles. The van der Waals surface area contributed by atoms with Gasteiger partial charge in [-0.3, -0.25) is 13.9 Å². The second-order valence-electron chi connectivity index (χ2n) is 5.27. The van der Waals surface area contributed by atoms with E-state index in [1.54, 1.807) is 0 Å². The minimum absolute atomic E-state index is 0.0725. The Hall–Kier alpha value is -1.29. The number of aromatic nitrogens is 2. The predicted molar refractivity (Wildman–Crippen MR) is 75.3 cm³/mol. The molecule has 10 nitrogen and oxygen atoms in total. The highest BCUT2D eigenvalue weighted by molar-refractivity contribution is 7.53. The Bertz CT molecular complexity index is 701. The minimum atomic E-state index is -3.57. The SMILES string of the molecule is COP(=O)(C[C@@]12O[C@H](CO)[C@@H](O)[C@@H]1Oc1nc(=O)ccn12)OC. The van der Waals surface area contributed by atoms with Gasteiger partial charge < -0.3 is 28.7 Å². The Morgan fingerprint density at radius 2 is 2.17 bits per heavy atom. The highest BCUT2D eigenvalue weighted by atomic mass is 31.2. The smallest absolute Gasteiger partial charge is 0.335 e. The van der Waals surface area contributed by atoms with E-state index in [0.29, 0.717) is 0 Å². The van der Waals surface area contributed by atoms with Crippen molar-refractivity contribution in [2.24, 2.45) is 0 Å². The molecule has 1 aromatic heterocycles. The van der Waals surface area contributed by atoms with E-state index in [0.717, 1.165) is 0 Å². The zero-order chi connectivity index (χ0) is 16.8. The number of hydrogen-bond donors (Lipinski definition) is 2. The molecule has 11 heteroatoms. The van der Waals surface area contributed by atoms with Crippen LogP contribution in [0.15, 0.2) is 17.1 Å². The molecule has 0 bridgehead atoms. The fourth-order valence-corrected chi connectivity index (χ4v) is 4.29. The third kappa shape index (κ3) is 2.42. The maximum absolute atomic E-state index is 12.6. The van der Waals surface area contributed by atoms with Crippen molar-refractivity contribution < 1.29 is 33.3 Å². The molecule has 0 unspecified atom stereocenters. The van der Waals surface area contributed by atoms with E-state index in [9.17, 15) is 19.6 Å². The van der Waals surface area contributed by atoms with E-state index in [-0.39, 0.29) is 12.2 Å². The number of aliphatic hydroxyl groups excluding tert-OH is 2. The molecule has 2 N–H and O–H groups in total. The summed E-state index contributed by atoms with van der Waals surface area (Å²) in [5, 5.41) is 19.7. The lowest BCUT2D eigenvalue weighted by molar-refractivity contribution is -0.108. The molecule has 0 spiro atoms. The largest absolute Gasteiger partial charge is 0.453 e. The minimum Gasteiger partial charge on any atom is -0.453 e. The summed E-state index contributed by atoms with van der Waals surface area (Å²) in [6.45, 7) is -0.462. The molecule has 0 aromatic carbocycles. The Labute approximate surface area is 131 Å². The van der Waals surface area contributed by atoms with Gasteiger partial charge >= 0.3 is 13.6 Å². The monoisotopic (exact) mass is 348 g/mol. The van der Waals surface area contributed by atoms with E-state index >= 15 is 0 Å². The quantitative estimate of drug-likeness (QED) is 0.637. The summed E-state index contributed by atoms with van der Waals surface area (Å²) in [6.07, 6.45) is -2.10. The summed E-state index contributed by atoms with van der Waals surface area (Å²) in [6, 6.07) is 1.11. The van der Waals surface area contributed by atoms with Gasteiger partial charge in [-0.15, -0.1) is 0 Å². The second-order valence-corrected chi connectivity index (χ2v) is 7.53. The van der Waals surface area contributed by atoms with Crippen molar-refractivity contribution in [2.45, 2.75) is 24.0 Å². The molecule has 4 atom stereocenters. The van der Waals surface area contributed by atoms with Crippen molar-refractivity contribution in [3.8, 4) is 6.01 Å². The van der Waals surface area contributed by atoms with Gasteiger partial charge in [-0.25, -0.2) is 0 Å². The first-order valence-corrected chi connectivity index (χ1v) is 8.56. The number of fused-ring (bicyclic) bond motifs is 3. The van der Waals surface area contributed by atoms with Gasteiger partial charge in [0.05, 0.1) is 6.61 Å². The first-order chi connectivity index (χ1) is 10.9. The second kappa shape index (κ2) is 5.66. The molecule has 23 heavy (non-hydrogen) atoms. The van der Waals surface area contributed by atoms with E-state index in [1.807, 2.05) is 0 Å². The predicted octanol–water partition coefficient (Wildman–Crippen LogP) is -1.11. The van der Waals surface area contributed by atoms with Gasteiger partial charge in [0, 0.05) is 26.5 Å². The highest BCUT2D eigenvalue weighted by Crippen LogP contribution is 2.56. The van der Waals surface area contributed by atoms with Crippen LogP contribution in [-0.2, 0) is 24.1 Å². The molecule has 0 radical (unpaired) electrons. The Kier molecular flexibility index (Phi) is 4.07. The van der Waals surface area contributed by atoms with Crippen LogP contribution in [0.3, 0.4) is 0 Å². The number of aliphatic hydroxyl groups is 2. The average Bonchev–Trinajstić information content (AvgIpc) is 2.98. The fourth-order valence-electron chi connectivity index (χ4n) is 2.92. The summed E-state index contributed by atoms with van der Waals surface area (Å²) >= 11 is 0. The lowest BCUT2D eigenvalue weighted by atomic mass is 10.0. The van der Waals surface area contributed by atoms with Gasteiger partial charge in [-0.05, 0) is 0 Å². The number of hydrogen-bond acceptors (Lipinski definition) is 9. The van der Waals surface area contributed by atoms with Gasteiger partial charge in [0.15, 0.2) is 11.8 Å². The third-order valence-electron chi connectivity index (χ3n) is 4.07. The van der Waals surface area contributed by atoms with Crippen molar-refractivity contribution in [3.63, 3.8) is 0 Å². The van der Waals surface area contributed by atoms with Gasteiger partial charge in [-0.1, -0.05) is 0 Å². The van der Waals surface area contributed by atoms with E-state index in [1.165, 1.54) is 31.0 Å². The molecule has 3 rings (SSSR count). The van der Waals surface area contributed by atoms with E-state index in [4.69, 9.17) is 18.5 Å². The van der Waals surface area contributed by atoms with Crippen LogP contribution in [0.5, 0.6) is 6.01 Å². The first-order valence-electron chi connectivity index (χ1n) is 6.83. The van der Waals surface area contributed by atoms with Crippen LogP contribution in [-0.4, -0.2) is 65.1 Å². The van der Waals surface area contributed by atoms with Gasteiger partial charge in [0.25, 0.3) is 5.56 Å². The summed E-state index contributed by atoms with van der Waals surface area (Å²) < 4.78 is 35.2. The fraction of sp³-hybridized carbons (Fsp3) is 0.667. The van der Waals surface area contributed by atoms with Crippen LogP contribution < -0.4 is 10.3 Å². The summed E-state index contributed by atoms with van der Waals surface area (Å²) in [7, 11) is -1.11. The van der Waals surface area contributed by atoms with Gasteiger partial charge in [0.2, 0.25) is 0 Å². The van der Waals surface area contributed by atoms with Gasteiger partial charge in [0.1, 0.15) is 18.4 Å². The molecule has 3 heterocycles. The molecule has 1 saturated heterocycles. The maximum Gasteiger partial charge on any atom is 0.335 e. The first kappa shape index (κ1) is 16.6. The molecular weight excluding hydrogens is 331 g/mol. The summed E-state index contributed by atoms with van der Waals surface area (Å²) in [5.41, 5.74) is -1.99. The van der Waals surface area contributed by atoms with Crippen LogP contribution in [0, 0.1) is 0 Å². The summed E-state index contributed by atoms with van der Waals surface area (Å²) in [5.74, 6) is 0. The van der Waals surface area contributed by atoms with E-state index < -0.39 is 43.8 Å².